The summed E-state index contributed by atoms with van der Waals surface area (Å²) in [5.74, 6) is -0.769. The molecule has 0 fully saturated rings. The van der Waals surface area contributed by atoms with Crippen LogP contribution < -0.4 is 0 Å². The Balaban J connectivity index is 2.58. The van der Waals surface area contributed by atoms with Crippen LogP contribution in [0.5, 0.6) is 0 Å². The smallest absolute Gasteiger partial charge is 0.304 e. The molecule has 0 aliphatic rings. The topological polar surface area (TPSA) is 37.3 Å². The van der Waals surface area contributed by atoms with Crippen molar-refractivity contribution in [2.45, 2.75) is 25.2 Å². The van der Waals surface area contributed by atoms with Crippen LogP contribution in [-0.4, -0.2) is 11.1 Å². The largest absolute Gasteiger partial charge is 0.481 e. The van der Waals surface area contributed by atoms with Gasteiger partial charge in [-0.3, -0.25) is 4.79 Å². The van der Waals surface area contributed by atoms with Crippen molar-refractivity contribution in [1.29, 1.82) is 0 Å². The highest BCUT2D eigenvalue weighted by atomic mass is 16.4. The van der Waals surface area contributed by atoms with Gasteiger partial charge >= 0.3 is 5.97 Å². The Hall–Kier alpha value is -2.09. The van der Waals surface area contributed by atoms with Gasteiger partial charge in [-0.15, -0.1) is 0 Å². The van der Waals surface area contributed by atoms with Crippen LogP contribution in [0.4, 0.5) is 0 Å². The van der Waals surface area contributed by atoms with Gasteiger partial charge in [-0.2, -0.15) is 0 Å². The molecule has 19 heavy (non-hydrogen) atoms. The molecule has 2 nitrogen and oxygen atoms in total. The molecule has 0 bridgehead atoms. The molecule has 0 heterocycles. The van der Waals surface area contributed by atoms with Crippen molar-refractivity contribution in [3.05, 3.63) is 71.8 Å². The van der Waals surface area contributed by atoms with Gasteiger partial charge < -0.3 is 5.11 Å². The molecular weight excluding hydrogens is 236 g/mol. The van der Waals surface area contributed by atoms with E-state index in [0.29, 0.717) is 0 Å². The highest BCUT2D eigenvalue weighted by Gasteiger charge is 2.34. The molecular formula is C17H18O2. The fraction of sp³-hybridized carbons (Fsp3) is 0.235. The van der Waals surface area contributed by atoms with Crippen LogP contribution in [0.1, 0.15) is 30.9 Å². The van der Waals surface area contributed by atoms with Gasteiger partial charge in [0.05, 0.1) is 6.42 Å². The highest BCUT2D eigenvalue weighted by molar-refractivity contribution is 5.70. The summed E-state index contributed by atoms with van der Waals surface area (Å²) in [6.07, 6.45) is 0.866. The SMILES string of the molecule is CCC(CC(=O)O)(c1ccccc1)c1ccccc1. The van der Waals surface area contributed by atoms with E-state index in [4.69, 9.17) is 0 Å². The Morgan fingerprint density at radius 2 is 1.37 bits per heavy atom. The summed E-state index contributed by atoms with van der Waals surface area (Å²) in [4.78, 5) is 11.3. The summed E-state index contributed by atoms with van der Waals surface area (Å²) in [6.45, 7) is 2.04. The Bertz CT molecular complexity index is 492. The van der Waals surface area contributed by atoms with Crippen LogP contribution in [0.2, 0.25) is 0 Å². The van der Waals surface area contributed by atoms with Crippen molar-refractivity contribution in [3.63, 3.8) is 0 Å². The van der Waals surface area contributed by atoms with Gasteiger partial charge in [0.15, 0.2) is 0 Å². The van der Waals surface area contributed by atoms with Gasteiger partial charge in [0.1, 0.15) is 0 Å². The molecule has 0 aromatic heterocycles. The molecule has 0 radical (unpaired) electrons. The lowest BCUT2D eigenvalue weighted by molar-refractivity contribution is -0.138. The number of rotatable bonds is 5. The summed E-state index contributed by atoms with van der Waals surface area (Å²) < 4.78 is 0. The summed E-state index contributed by atoms with van der Waals surface area (Å²) in [5, 5.41) is 9.30. The minimum atomic E-state index is -0.769. The molecule has 1 N–H and O–H groups in total. The standard InChI is InChI=1S/C17H18O2/c1-2-17(13-16(18)19,14-9-5-3-6-10-14)15-11-7-4-8-12-15/h3-12H,2,13H2,1H3,(H,18,19). The lowest BCUT2D eigenvalue weighted by Gasteiger charge is -2.32. The minimum absolute atomic E-state index is 0.109. The van der Waals surface area contributed by atoms with Gasteiger partial charge in [0, 0.05) is 5.41 Å². The molecule has 0 amide bonds. The molecule has 2 aromatic carbocycles. The van der Waals surface area contributed by atoms with E-state index in [1.807, 2.05) is 67.6 Å². The lowest BCUT2D eigenvalue weighted by Crippen LogP contribution is -2.30. The van der Waals surface area contributed by atoms with Crippen LogP contribution >= 0.6 is 0 Å². The van der Waals surface area contributed by atoms with Crippen LogP contribution in [-0.2, 0) is 10.2 Å². The highest BCUT2D eigenvalue weighted by Crippen LogP contribution is 2.38. The average molecular weight is 254 g/mol. The van der Waals surface area contributed by atoms with Crippen LogP contribution in [0.3, 0.4) is 0 Å². The molecule has 2 heteroatoms. The number of carboxylic acid groups (broad SMARTS) is 1. The number of carboxylic acids is 1. The summed E-state index contributed by atoms with van der Waals surface area (Å²) >= 11 is 0. The number of benzene rings is 2. The molecule has 98 valence electrons. The normalized spacial score (nSPS) is 11.2. The molecule has 0 saturated heterocycles. The first kappa shape index (κ1) is 13.3. The van der Waals surface area contributed by atoms with Crippen molar-refractivity contribution in [2.75, 3.05) is 0 Å². The first-order valence-electron chi connectivity index (χ1n) is 6.52. The van der Waals surface area contributed by atoms with E-state index >= 15 is 0 Å². The third-order valence-corrected chi connectivity index (χ3v) is 3.71. The number of aliphatic carboxylic acids is 1. The van der Waals surface area contributed by atoms with Gasteiger partial charge in [0.2, 0.25) is 0 Å². The van der Waals surface area contributed by atoms with Gasteiger partial charge in [-0.1, -0.05) is 67.6 Å². The van der Waals surface area contributed by atoms with Crippen molar-refractivity contribution in [3.8, 4) is 0 Å². The average Bonchev–Trinajstić information content (AvgIpc) is 2.46. The monoisotopic (exact) mass is 254 g/mol. The molecule has 2 rings (SSSR count). The van der Waals surface area contributed by atoms with Crippen molar-refractivity contribution >= 4 is 5.97 Å². The first-order chi connectivity index (χ1) is 9.19. The van der Waals surface area contributed by atoms with Crippen LogP contribution in [0.15, 0.2) is 60.7 Å². The van der Waals surface area contributed by atoms with Gasteiger partial charge in [0.25, 0.3) is 0 Å². The Kier molecular flexibility index (Phi) is 4.00. The fourth-order valence-electron chi connectivity index (χ4n) is 2.68. The predicted molar refractivity (Wildman–Crippen MR) is 76.2 cm³/mol. The van der Waals surface area contributed by atoms with Crippen molar-refractivity contribution in [1.82, 2.24) is 0 Å². The molecule has 0 atom stereocenters. The van der Waals surface area contributed by atoms with Crippen molar-refractivity contribution in [2.24, 2.45) is 0 Å². The zero-order valence-corrected chi connectivity index (χ0v) is 11.0. The minimum Gasteiger partial charge on any atom is -0.481 e. The number of hydrogen-bond donors (Lipinski definition) is 1. The Morgan fingerprint density at radius 3 is 1.68 bits per heavy atom. The molecule has 0 unspecified atom stereocenters. The first-order valence-corrected chi connectivity index (χ1v) is 6.52. The van der Waals surface area contributed by atoms with Gasteiger partial charge in [-0.25, -0.2) is 0 Å². The fourth-order valence-corrected chi connectivity index (χ4v) is 2.68. The number of hydrogen-bond acceptors (Lipinski definition) is 1. The van der Waals surface area contributed by atoms with E-state index in [-0.39, 0.29) is 6.42 Å². The van der Waals surface area contributed by atoms with E-state index in [0.717, 1.165) is 17.5 Å². The van der Waals surface area contributed by atoms with E-state index in [2.05, 4.69) is 0 Å². The summed E-state index contributed by atoms with van der Waals surface area (Å²) in [5.41, 5.74) is 1.67. The zero-order chi connectivity index (χ0) is 13.7. The molecule has 0 aliphatic heterocycles. The third-order valence-electron chi connectivity index (χ3n) is 3.71. The molecule has 0 spiro atoms. The molecule has 2 aromatic rings. The second kappa shape index (κ2) is 5.70. The van der Waals surface area contributed by atoms with Crippen molar-refractivity contribution < 1.29 is 9.90 Å². The lowest BCUT2D eigenvalue weighted by atomic mass is 9.70. The Labute approximate surface area is 113 Å². The van der Waals surface area contributed by atoms with E-state index in [1.54, 1.807) is 0 Å². The number of carbonyl (C=O) groups is 1. The summed E-state index contributed by atoms with van der Waals surface area (Å²) in [7, 11) is 0. The van der Waals surface area contributed by atoms with Crippen LogP contribution in [0.25, 0.3) is 0 Å². The van der Waals surface area contributed by atoms with Crippen LogP contribution in [0, 0.1) is 0 Å². The molecule has 0 saturated carbocycles. The maximum absolute atomic E-state index is 11.3. The Morgan fingerprint density at radius 1 is 0.947 bits per heavy atom. The second-order valence-corrected chi connectivity index (χ2v) is 4.74. The quantitative estimate of drug-likeness (QED) is 0.879. The maximum atomic E-state index is 11.3. The summed E-state index contributed by atoms with van der Waals surface area (Å²) in [6, 6.07) is 19.8. The second-order valence-electron chi connectivity index (χ2n) is 4.74. The maximum Gasteiger partial charge on any atom is 0.304 e. The van der Waals surface area contributed by atoms with E-state index in [9.17, 15) is 9.90 Å². The zero-order valence-electron chi connectivity index (χ0n) is 11.0. The van der Waals surface area contributed by atoms with E-state index in [1.165, 1.54) is 0 Å². The molecule has 0 aliphatic carbocycles. The predicted octanol–water partition coefficient (Wildman–Crippen LogP) is 3.86. The van der Waals surface area contributed by atoms with Gasteiger partial charge in [-0.05, 0) is 17.5 Å². The third kappa shape index (κ3) is 2.68. The van der Waals surface area contributed by atoms with E-state index < -0.39 is 11.4 Å².